The molecule has 24 heavy (non-hydrogen) atoms. The largest absolute Gasteiger partial charge is 0.497 e. The number of nitrogens with zero attached hydrogens (tertiary/aromatic N) is 1. The Bertz CT molecular complexity index is 522. The Balaban J connectivity index is 1.94. The Labute approximate surface area is 144 Å². The second-order valence-corrected chi connectivity index (χ2v) is 6.05. The fourth-order valence-corrected chi connectivity index (χ4v) is 2.91. The topological polar surface area (TPSA) is 51.2 Å². The molecule has 1 aromatic carbocycles. The van der Waals surface area contributed by atoms with Crippen LogP contribution < -0.4 is 4.74 Å². The third kappa shape index (κ3) is 6.50. The predicted octanol–water partition coefficient (Wildman–Crippen LogP) is 1.69. The fourth-order valence-electron chi connectivity index (χ4n) is 2.91. The van der Waals surface area contributed by atoms with Gasteiger partial charge in [-0.1, -0.05) is 18.1 Å². The Morgan fingerprint density at radius 1 is 1.50 bits per heavy atom. The maximum atomic E-state index is 10.2. The highest BCUT2D eigenvalue weighted by molar-refractivity contribution is 5.28. The van der Waals surface area contributed by atoms with Crippen molar-refractivity contribution in [1.82, 2.24) is 4.90 Å². The first-order valence-electron chi connectivity index (χ1n) is 8.37. The first kappa shape index (κ1) is 18.8. The molecule has 0 unspecified atom stereocenters. The van der Waals surface area contributed by atoms with Crippen LogP contribution in [0, 0.1) is 12.3 Å². The molecule has 1 N–H and O–H groups in total. The van der Waals surface area contributed by atoms with Crippen molar-refractivity contribution in [1.29, 1.82) is 0 Å². The normalized spacial score (nSPS) is 18.5. The molecule has 0 aliphatic carbocycles. The van der Waals surface area contributed by atoms with Gasteiger partial charge in [0.25, 0.3) is 0 Å². The first-order chi connectivity index (χ1) is 11.7. The Morgan fingerprint density at radius 3 is 3.08 bits per heavy atom. The lowest BCUT2D eigenvalue weighted by Crippen LogP contribution is -2.39. The van der Waals surface area contributed by atoms with Gasteiger partial charge in [0.05, 0.1) is 25.9 Å². The SMILES string of the molecule is C#CCOC[C@H](O)CN(Cc1cccc(OC)c1)C[C@@H]1CCCO1. The van der Waals surface area contributed by atoms with Gasteiger partial charge in [-0.25, -0.2) is 0 Å². The molecule has 5 nitrogen and oxygen atoms in total. The quantitative estimate of drug-likeness (QED) is 0.522. The molecule has 132 valence electrons. The minimum absolute atomic E-state index is 0.221. The molecule has 5 heteroatoms. The van der Waals surface area contributed by atoms with E-state index in [-0.39, 0.29) is 19.3 Å². The van der Waals surface area contributed by atoms with Crippen molar-refractivity contribution in [3.05, 3.63) is 29.8 Å². The zero-order valence-electron chi connectivity index (χ0n) is 14.3. The number of rotatable bonds is 10. The Morgan fingerprint density at radius 2 is 2.38 bits per heavy atom. The van der Waals surface area contributed by atoms with Crippen LogP contribution in [-0.2, 0) is 16.0 Å². The van der Waals surface area contributed by atoms with Crippen LogP contribution in [0.4, 0.5) is 0 Å². The molecule has 0 saturated carbocycles. The zero-order valence-corrected chi connectivity index (χ0v) is 14.3. The lowest BCUT2D eigenvalue weighted by Gasteiger charge is -2.27. The molecule has 0 aromatic heterocycles. The Hall–Kier alpha value is -1.58. The van der Waals surface area contributed by atoms with E-state index in [2.05, 4.69) is 16.9 Å². The molecule has 1 aliphatic heterocycles. The van der Waals surface area contributed by atoms with Crippen molar-refractivity contribution in [3.63, 3.8) is 0 Å². The van der Waals surface area contributed by atoms with Crippen molar-refractivity contribution in [2.45, 2.75) is 31.6 Å². The summed E-state index contributed by atoms with van der Waals surface area (Å²) >= 11 is 0. The highest BCUT2D eigenvalue weighted by Crippen LogP contribution is 2.18. The highest BCUT2D eigenvalue weighted by Gasteiger charge is 2.21. The molecule has 1 saturated heterocycles. The van der Waals surface area contributed by atoms with E-state index < -0.39 is 6.10 Å². The number of methoxy groups -OCH3 is 1. The number of hydrogen-bond acceptors (Lipinski definition) is 5. The maximum Gasteiger partial charge on any atom is 0.119 e. The van der Waals surface area contributed by atoms with Gasteiger partial charge in [-0.05, 0) is 30.5 Å². The van der Waals surface area contributed by atoms with Gasteiger partial charge in [-0.15, -0.1) is 6.42 Å². The number of aliphatic hydroxyl groups excluding tert-OH is 1. The summed E-state index contributed by atoms with van der Waals surface area (Å²) in [6, 6.07) is 7.98. The number of ether oxygens (including phenoxy) is 3. The molecule has 0 spiro atoms. The van der Waals surface area contributed by atoms with E-state index in [1.807, 2.05) is 18.2 Å². The smallest absolute Gasteiger partial charge is 0.119 e. The van der Waals surface area contributed by atoms with E-state index >= 15 is 0 Å². The molecule has 2 atom stereocenters. The minimum atomic E-state index is -0.578. The summed E-state index contributed by atoms with van der Waals surface area (Å²) in [5.41, 5.74) is 1.14. The summed E-state index contributed by atoms with van der Waals surface area (Å²) in [5.74, 6) is 3.24. The maximum absolute atomic E-state index is 10.2. The summed E-state index contributed by atoms with van der Waals surface area (Å²) in [6.45, 7) is 3.32. The van der Waals surface area contributed by atoms with Gasteiger partial charge < -0.3 is 19.3 Å². The van der Waals surface area contributed by atoms with Gasteiger partial charge in [0, 0.05) is 26.2 Å². The minimum Gasteiger partial charge on any atom is -0.497 e. The summed E-state index contributed by atoms with van der Waals surface area (Å²) in [7, 11) is 1.66. The average molecular weight is 333 g/mol. The standard InChI is InChI=1S/C19H27NO4/c1-3-9-23-15-17(21)13-20(14-19-8-5-10-24-19)12-16-6-4-7-18(11-16)22-2/h1,4,6-7,11,17,19,21H,5,8-10,12-15H2,2H3/t17-,19+/m1/s1. The summed E-state index contributed by atoms with van der Waals surface area (Å²) in [6.07, 6.45) is 6.98. The van der Waals surface area contributed by atoms with Crippen molar-refractivity contribution < 1.29 is 19.3 Å². The molecule has 0 amide bonds. The van der Waals surface area contributed by atoms with Crippen LogP contribution in [-0.4, -0.2) is 62.2 Å². The lowest BCUT2D eigenvalue weighted by molar-refractivity contribution is 0.00954. The molecule has 0 radical (unpaired) electrons. The first-order valence-corrected chi connectivity index (χ1v) is 8.37. The van der Waals surface area contributed by atoms with E-state index in [1.165, 1.54) is 0 Å². The molecule has 1 aromatic rings. The second-order valence-electron chi connectivity index (χ2n) is 6.05. The monoisotopic (exact) mass is 333 g/mol. The molecule has 1 fully saturated rings. The van der Waals surface area contributed by atoms with Crippen molar-refractivity contribution >= 4 is 0 Å². The summed E-state index contributed by atoms with van der Waals surface area (Å²) in [4.78, 5) is 2.20. The fraction of sp³-hybridized carbons (Fsp3) is 0.579. The van der Waals surface area contributed by atoms with Crippen LogP contribution in [0.3, 0.4) is 0 Å². The lowest BCUT2D eigenvalue weighted by atomic mass is 10.1. The second kappa shape index (κ2) is 10.3. The van der Waals surface area contributed by atoms with Gasteiger partial charge in [0.2, 0.25) is 0 Å². The van der Waals surface area contributed by atoms with Crippen LogP contribution in [0.1, 0.15) is 18.4 Å². The van der Waals surface area contributed by atoms with Crippen LogP contribution >= 0.6 is 0 Å². The van der Waals surface area contributed by atoms with Crippen LogP contribution in [0.15, 0.2) is 24.3 Å². The van der Waals surface area contributed by atoms with Gasteiger partial charge in [-0.2, -0.15) is 0 Å². The highest BCUT2D eigenvalue weighted by atomic mass is 16.5. The number of benzene rings is 1. The van der Waals surface area contributed by atoms with Crippen molar-refractivity contribution in [3.8, 4) is 18.1 Å². The van der Waals surface area contributed by atoms with E-state index in [4.69, 9.17) is 20.6 Å². The predicted molar refractivity (Wildman–Crippen MR) is 92.9 cm³/mol. The van der Waals surface area contributed by atoms with E-state index in [9.17, 15) is 5.11 Å². The van der Waals surface area contributed by atoms with Crippen molar-refractivity contribution in [2.75, 3.05) is 40.0 Å². The number of aliphatic hydroxyl groups is 1. The molecular formula is C19H27NO4. The van der Waals surface area contributed by atoms with E-state index in [0.29, 0.717) is 6.54 Å². The summed E-state index contributed by atoms with van der Waals surface area (Å²) in [5, 5.41) is 10.2. The van der Waals surface area contributed by atoms with E-state index in [1.54, 1.807) is 7.11 Å². The number of hydrogen-bond donors (Lipinski definition) is 1. The molecule has 2 rings (SSSR count). The molecular weight excluding hydrogens is 306 g/mol. The Kier molecular flexibility index (Phi) is 8.06. The van der Waals surface area contributed by atoms with Crippen LogP contribution in [0.5, 0.6) is 5.75 Å². The average Bonchev–Trinajstić information content (AvgIpc) is 3.08. The van der Waals surface area contributed by atoms with Gasteiger partial charge >= 0.3 is 0 Å². The van der Waals surface area contributed by atoms with Crippen LogP contribution in [0.25, 0.3) is 0 Å². The van der Waals surface area contributed by atoms with Gasteiger partial charge in [0.1, 0.15) is 12.4 Å². The molecule has 0 bridgehead atoms. The third-order valence-electron chi connectivity index (χ3n) is 3.99. The third-order valence-corrected chi connectivity index (χ3v) is 3.99. The number of terminal acetylenes is 1. The van der Waals surface area contributed by atoms with Crippen molar-refractivity contribution in [2.24, 2.45) is 0 Å². The van der Waals surface area contributed by atoms with Crippen LogP contribution in [0.2, 0.25) is 0 Å². The van der Waals surface area contributed by atoms with Gasteiger partial charge in [-0.3, -0.25) is 4.90 Å². The molecule has 1 aliphatic rings. The molecule has 1 heterocycles. The summed E-state index contributed by atoms with van der Waals surface area (Å²) < 4.78 is 16.3. The van der Waals surface area contributed by atoms with E-state index in [0.717, 1.165) is 43.9 Å². The van der Waals surface area contributed by atoms with Gasteiger partial charge in [0.15, 0.2) is 0 Å². The zero-order chi connectivity index (χ0) is 17.2.